The summed E-state index contributed by atoms with van der Waals surface area (Å²) in [6, 6.07) is 16.2. The second kappa shape index (κ2) is 21.4. The highest BCUT2D eigenvalue weighted by molar-refractivity contribution is 7.14. The van der Waals surface area contributed by atoms with Gasteiger partial charge in [-0.1, -0.05) is 89.8 Å². The zero-order valence-corrected chi connectivity index (χ0v) is 35.2. The summed E-state index contributed by atoms with van der Waals surface area (Å²) in [6.07, 6.45) is 9.13. The van der Waals surface area contributed by atoms with Crippen molar-refractivity contribution < 1.29 is 29.0 Å². The zero-order chi connectivity index (χ0) is 41.5. The predicted octanol–water partition coefficient (Wildman–Crippen LogP) is 6.84. The number of thiophene rings is 1. The van der Waals surface area contributed by atoms with Crippen LogP contribution in [0.5, 0.6) is 5.75 Å². The predicted molar refractivity (Wildman–Crippen MR) is 226 cm³/mol. The fourth-order valence-electron chi connectivity index (χ4n) is 5.87. The van der Waals surface area contributed by atoms with Gasteiger partial charge in [-0.25, -0.2) is 14.8 Å². The first-order valence-electron chi connectivity index (χ1n) is 19.6. The highest BCUT2D eigenvalue weighted by Crippen LogP contribution is 2.30. The molecule has 2 aromatic heterocycles. The standard InChI is InChI=1S/C44H58N6O6S/c1-8-9-10-11-12-25-56-34-19-17-31(18-20-34)33-28-45-40(46-29-33)32-15-13-30(14-16-32)26-35(47-42(53)37-21-22-38(57-37)44(2,3)4)41(52)48-36(43(54)55)27-39(51)50(7)24-23-49(5)6/h13-22,28-29,35-36H,8-12,23-27H2,1-7H3,(H,47,53)(H,48,52)(H,54,55). The second-order valence-electron chi connectivity index (χ2n) is 15.6. The summed E-state index contributed by atoms with van der Waals surface area (Å²) in [6.45, 7) is 10.1. The SMILES string of the molecule is CCCCCCCOc1ccc(-c2cnc(-c3ccc(CC(NC(=O)c4ccc(C(C)(C)C)s4)C(=O)NC(CC(=O)N(C)CCN(C)C)C(=O)O)cc3)nc2)cc1. The van der Waals surface area contributed by atoms with Crippen molar-refractivity contribution in [3.8, 4) is 28.3 Å². The second-order valence-corrected chi connectivity index (χ2v) is 16.7. The van der Waals surface area contributed by atoms with Gasteiger partial charge in [0.05, 0.1) is 17.9 Å². The number of hydrogen-bond acceptors (Lipinski definition) is 9. The Morgan fingerprint density at radius 3 is 2.04 bits per heavy atom. The molecule has 0 saturated heterocycles. The smallest absolute Gasteiger partial charge is 0.326 e. The topological polar surface area (TPSA) is 154 Å². The average molecular weight is 799 g/mol. The molecule has 2 unspecified atom stereocenters. The number of carbonyl (C=O) groups is 4. The maximum Gasteiger partial charge on any atom is 0.326 e. The van der Waals surface area contributed by atoms with Crippen LogP contribution in [0.1, 0.15) is 86.3 Å². The van der Waals surface area contributed by atoms with E-state index in [1.54, 1.807) is 25.5 Å². The molecule has 0 spiro atoms. The van der Waals surface area contributed by atoms with E-state index >= 15 is 0 Å². The Hall–Kier alpha value is -5.14. The molecule has 2 aromatic carbocycles. The highest BCUT2D eigenvalue weighted by Gasteiger charge is 2.30. The Labute approximate surface area is 341 Å². The number of nitrogens with one attached hydrogen (secondary N) is 2. The van der Waals surface area contributed by atoms with Crippen molar-refractivity contribution in [2.45, 2.75) is 90.1 Å². The van der Waals surface area contributed by atoms with Gasteiger partial charge in [0.1, 0.15) is 17.8 Å². The lowest BCUT2D eigenvalue weighted by Gasteiger charge is -2.24. The van der Waals surface area contributed by atoms with Gasteiger partial charge in [0.25, 0.3) is 5.91 Å². The largest absolute Gasteiger partial charge is 0.494 e. The van der Waals surface area contributed by atoms with Gasteiger partial charge in [0.15, 0.2) is 5.82 Å². The van der Waals surface area contributed by atoms with Gasteiger partial charge in [-0.15, -0.1) is 11.3 Å². The molecule has 0 aliphatic heterocycles. The highest BCUT2D eigenvalue weighted by atomic mass is 32.1. The van der Waals surface area contributed by atoms with Crippen LogP contribution >= 0.6 is 11.3 Å². The molecule has 3 N–H and O–H groups in total. The summed E-state index contributed by atoms with van der Waals surface area (Å²) in [5.41, 5.74) is 3.15. The first-order chi connectivity index (χ1) is 27.1. The van der Waals surface area contributed by atoms with E-state index in [4.69, 9.17) is 4.74 Å². The van der Waals surface area contributed by atoms with E-state index in [0.717, 1.165) is 33.7 Å². The van der Waals surface area contributed by atoms with E-state index in [9.17, 15) is 24.3 Å². The van der Waals surface area contributed by atoms with E-state index in [1.165, 1.54) is 41.9 Å². The van der Waals surface area contributed by atoms with Gasteiger partial charge < -0.3 is 30.3 Å². The summed E-state index contributed by atoms with van der Waals surface area (Å²) in [4.78, 5) is 66.4. The number of carboxylic acid groups (broad SMARTS) is 1. The van der Waals surface area contributed by atoms with Crippen LogP contribution in [0.2, 0.25) is 0 Å². The van der Waals surface area contributed by atoms with Crippen molar-refractivity contribution in [3.63, 3.8) is 0 Å². The third-order valence-electron chi connectivity index (χ3n) is 9.50. The van der Waals surface area contributed by atoms with Crippen molar-refractivity contribution in [1.29, 1.82) is 0 Å². The number of aromatic nitrogens is 2. The number of likely N-dealkylation sites (N-methyl/N-ethyl adjacent to an activating group) is 2. The van der Waals surface area contributed by atoms with Crippen LogP contribution in [-0.2, 0) is 26.2 Å². The van der Waals surface area contributed by atoms with Crippen LogP contribution in [0.25, 0.3) is 22.5 Å². The minimum atomic E-state index is -1.49. The van der Waals surface area contributed by atoms with Gasteiger partial charge in [0.2, 0.25) is 11.8 Å². The molecule has 3 amide bonds. The normalized spacial score (nSPS) is 12.5. The minimum absolute atomic E-state index is 0.0662. The lowest BCUT2D eigenvalue weighted by Crippen LogP contribution is -2.53. The summed E-state index contributed by atoms with van der Waals surface area (Å²) in [7, 11) is 5.34. The van der Waals surface area contributed by atoms with Crippen LogP contribution in [0.15, 0.2) is 73.1 Å². The van der Waals surface area contributed by atoms with E-state index in [2.05, 4.69) is 48.3 Å². The zero-order valence-electron chi connectivity index (χ0n) is 34.3. The van der Waals surface area contributed by atoms with Crippen molar-refractivity contribution in [2.75, 3.05) is 40.8 Å². The van der Waals surface area contributed by atoms with Crippen molar-refractivity contribution >= 4 is 35.0 Å². The molecule has 0 bridgehead atoms. The van der Waals surface area contributed by atoms with Crippen molar-refractivity contribution in [1.82, 2.24) is 30.4 Å². The molecule has 0 fully saturated rings. The first kappa shape index (κ1) is 44.6. The molecular formula is C44H58N6O6S. The Morgan fingerprint density at radius 1 is 0.789 bits per heavy atom. The summed E-state index contributed by atoms with van der Waals surface area (Å²) in [5.74, 6) is -1.57. The van der Waals surface area contributed by atoms with Crippen LogP contribution in [0.3, 0.4) is 0 Å². The number of amides is 3. The van der Waals surface area contributed by atoms with Crippen molar-refractivity contribution in [3.05, 3.63) is 88.4 Å². The molecule has 0 saturated carbocycles. The van der Waals surface area contributed by atoms with E-state index in [-0.39, 0.29) is 11.8 Å². The molecule has 306 valence electrons. The molecule has 12 nitrogen and oxygen atoms in total. The van der Waals surface area contributed by atoms with E-state index in [1.807, 2.05) is 73.6 Å². The average Bonchev–Trinajstić information content (AvgIpc) is 3.70. The molecular weight excluding hydrogens is 741 g/mol. The minimum Gasteiger partial charge on any atom is -0.494 e. The number of hydrogen-bond donors (Lipinski definition) is 3. The molecule has 57 heavy (non-hydrogen) atoms. The Kier molecular flexibility index (Phi) is 16.7. The van der Waals surface area contributed by atoms with Gasteiger partial charge in [-0.3, -0.25) is 14.4 Å². The maximum atomic E-state index is 13.8. The Morgan fingerprint density at radius 2 is 1.44 bits per heavy atom. The third kappa shape index (κ3) is 14.1. The van der Waals surface area contributed by atoms with Gasteiger partial charge >= 0.3 is 5.97 Å². The Bertz CT molecular complexity index is 1910. The van der Waals surface area contributed by atoms with Gasteiger partial charge in [0, 0.05) is 55.0 Å². The van der Waals surface area contributed by atoms with Crippen LogP contribution in [0.4, 0.5) is 0 Å². The molecule has 0 aliphatic rings. The number of unbranched alkanes of at least 4 members (excludes halogenated alkanes) is 4. The number of nitrogens with zero attached hydrogens (tertiary/aromatic N) is 4. The number of ether oxygens (including phenoxy) is 1. The molecule has 2 atom stereocenters. The lowest BCUT2D eigenvalue weighted by atomic mass is 9.95. The molecule has 4 aromatic rings. The van der Waals surface area contributed by atoms with E-state index < -0.39 is 42.2 Å². The number of benzene rings is 2. The Balaban J connectivity index is 1.45. The number of rotatable bonds is 21. The summed E-state index contributed by atoms with van der Waals surface area (Å²) in [5, 5.41) is 15.3. The number of aliphatic carboxylic acids is 1. The lowest BCUT2D eigenvalue weighted by molar-refractivity contribution is -0.145. The molecule has 13 heteroatoms. The van der Waals surface area contributed by atoms with Gasteiger partial charge in [-0.2, -0.15) is 0 Å². The van der Waals surface area contributed by atoms with Crippen LogP contribution in [-0.4, -0.2) is 101 Å². The fraction of sp³-hybridized carbons (Fsp3) is 0.455. The first-order valence-corrected chi connectivity index (χ1v) is 20.4. The van der Waals surface area contributed by atoms with Gasteiger partial charge in [-0.05, 0) is 61.3 Å². The quantitative estimate of drug-likeness (QED) is 0.0770. The molecule has 2 heterocycles. The number of carboxylic acids is 1. The van der Waals surface area contributed by atoms with Crippen LogP contribution < -0.4 is 15.4 Å². The van der Waals surface area contributed by atoms with E-state index in [0.29, 0.717) is 36.0 Å². The monoisotopic (exact) mass is 798 g/mol. The maximum absolute atomic E-state index is 13.8. The molecule has 0 aliphatic carbocycles. The molecule has 4 rings (SSSR count). The fourth-order valence-corrected chi connectivity index (χ4v) is 6.84. The summed E-state index contributed by atoms with van der Waals surface area (Å²) >= 11 is 1.34. The summed E-state index contributed by atoms with van der Waals surface area (Å²) < 4.78 is 5.90. The number of carbonyl (C=O) groups excluding carboxylic acids is 3. The molecule has 0 radical (unpaired) electrons. The van der Waals surface area contributed by atoms with Crippen molar-refractivity contribution in [2.24, 2.45) is 0 Å². The third-order valence-corrected chi connectivity index (χ3v) is 11.0. The van der Waals surface area contributed by atoms with Crippen LogP contribution in [0, 0.1) is 0 Å².